The van der Waals surface area contributed by atoms with Crippen molar-refractivity contribution in [2.24, 2.45) is 5.92 Å². The van der Waals surface area contributed by atoms with E-state index in [1.165, 1.54) is 4.90 Å². The quantitative estimate of drug-likeness (QED) is 0.839. The van der Waals surface area contributed by atoms with E-state index in [4.69, 9.17) is 9.84 Å². The van der Waals surface area contributed by atoms with Gasteiger partial charge in [-0.1, -0.05) is 6.07 Å². The van der Waals surface area contributed by atoms with Gasteiger partial charge in [-0.3, -0.25) is 9.59 Å². The first-order valence-electron chi connectivity index (χ1n) is 6.33. The number of rotatable bonds is 4. The third-order valence-corrected chi connectivity index (χ3v) is 3.14. The number of anilines is 1. The summed E-state index contributed by atoms with van der Waals surface area (Å²) in [7, 11) is 0. The molecule has 1 aromatic carbocycles. The van der Waals surface area contributed by atoms with Crippen molar-refractivity contribution in [3.8, 4) is 0 Å². The summed E-state index contributed by atoms with van der Waals surface area (Å²) in [6, 6.07) is 6.45. The van der Waals surface area contributed by atoms with Crippen molar-refractivity contribution in [1.29, 1.82) is 0 Å². The lowest BCUT2D eigenvalue weighted by Crippen LogP contribution is -2.26. The summed E-state index contributed by atoms with van der Waals surface area (Å²) >= 11 is 0. The van der Waals surface area contributed by atoms with E-state index in [0.29, 0.717) is 11.3 Å². The Morgan fingerprint density at radius 1 is 1.45 bits per heavy atom. The second kappa shape index (κ2) is 5.73. The Labute approximate surface area is 115 Å². The zero-order chi connectivity index (χ0) is 14.7. The average Bonchev–Trinajstić information content (AvgIpc) is 2.81. The first-order chi connectivity index (χ1) is 9.52. The van der Waals surface area contributed by atoms with Gasteiger partial charge in [0.15, 0.2) is 0 Å². The van der Waals surface area contributed by atoms with Crippen LogP contribution in [0.1, 0.15) is 23.7 Å². The molecular formula is C14H15NO5. The van der Waals surface area contributed by atoms with Gasteiger partial charge in [-0.2, -0.15) is 0 Å². The Morgan fingerprint density at radius 2 is 2.20 bits per heavy atom. The Hall–Kier alpha value is -2.37. The van der Waals surface area contributed by atoms with Crippen LogP contribution in [0.15, 0.2) is 24.3 Å². The van der Waals surface area contributed by atoms with Gasteiger partial charge < -0.3 is 14.7 Å². The van der Waals surface area contributed by atoms with Crippen LogP contribution in [0.5, 0.6) is 0 Å². The molecule has 6 nitrogen and oxygen atoms in total. The maximum absolute atomic E-state index is 11.8. The highest BCUT2D eigenvalue weighted by Crippen LogP contribution is 2.26. The van der Waals surface area contributed by atoms with Crippen LogP contribution in [-0.2, 0) is 14.3 Å². The van der Waals surface area contributed by atoms with Crippen LogP contribution in [0, 0.1) is 5.92 Å². The molecule has 106 valence electrons. The maximum atomic E-state index is 11.8. The summed E-state index contributed by atoms with van der Waals surface area (Å²) < 4.78 is 4.90. The third-order valence-electron chi connectivity index (χ3n) is 3.14. The SMILES string of the molecule is CCOC(=O)c1cccc(N2C[C@H](C(=O)O)CC2=O)c1. The number of hydrogen-bond donors (Lipinski definition) is 1. The fourth-order valence-electron chi connectivity index (χ4n) is 2.14. The smallest absolute Gasteiger partial charge is 0.338 e. The van der Waals surface area contributed by atoms with Crippen molar-refractivity contribution < 1.29 is 24.2 Å². The van der Waals surface area contributed by atoms with Crippen LogP contribution in [0.4, 0.5) is 5.69 Å². The van der Waals surface area contributed by atoms with Gasteiger partial charge in [-0.15, -0.1) is 0 Å². The minimum absolute atomic E-state index is 0.0149. The van der Waals surface area contributed by atoms with Gasteiger partial charge >= 0.3 is 11.9 Å². The molecule has 1 atom stereocenters. The van der Waals surface area contributed by atoms with Crippen molar-refractivity contribution in [1.82, 2.24) is 0 Å². The molecule has 20 heavy (non-hydrogen) atoms. The second-order valence-corrected chi connectivity index (χ2v) is 4.51. The van der Waals surface area contributed by atoms with E-state index in [1.54, 1.807) is 31.2 Å². The van der Waals surface area contributed by atoms with Gasteiger partial charge in [-0.25, -0.2) is 4.79 Å². The Bertz CT molecular complexity index is 554. The molecule has 1 aliphatic heterocycles. The summed E-state index contributed by atoms with van der Waals surface area (Å²) in [5, 5.41) is 8.96. The van der Waals surface area contributed by atoms with Gasteiger partial charge in [0.1, 0.15) is 0 Å². The number of carbonyl (C=O) groups is 3. The number of carboxylic acids is 1. The molecule has 0 saturated carbocycles. The molecule has 0 aliphatic carbocycles. The number of esters is 1. The van der Waals surface area contributed by atoms with E-state index in [0.717, 1.165) is 0 Å². The fraction of sp³-hybridized carbons (Fsp3) is 0.357. The number of benzene rings is 1. The van der Waals surface area contributed by atoms with Crippen molar-refractivity contribution in [3.05, 3.63) is 29.8 Å². The number of nitrogens with zero attached hydrogens (tertiary/aromatic N) is 1. The normalized spacial score (nSPS) is 18.1. The first-order valence-corrected chi connectivity index (χ1v) is 6.33. The van der Waals surface area contributed by atoms with Crippen LogP contribution >= 0.6 is 0 Å². The van der Waals surface area contributed by atoms with Gasteiger partial charge in [-0.05, 0) is 25.1 Å². The molecule has 0 aromatic heterocycles. The molecule has 1 fully saturated rings. The Balaban J connectivity index is 2.21. The minimum Gasteiger partial charge on any atom is -0.481 e. The zero-order valence-electron chi connectivity index (χ0n) is 11.0. The lowest BCUT2D eigenvalue weighted by Gasteiger charge is -2.16. The van der Waals surface area contributed by atoms with E-state index in [9.17, 15) is 14.4 Å². The van der Waals surface area contributed by atoms with E-state index in [2.05, 4.69) is 0 Å². The predicted molar refractivity (Wildman–Crippen MR) is 70.5 cm³/mol. The summed E-state index contributed by atoms with van der Waals surface area (Å²) in [5.74, 6) is -2.40. The van der Waals surface area contributed by atoms with Crippen LogP contribution in [0.25, 0.3) is 0 Å². The number of ether oxygens (including phenoxy) is 1. The summed E-state index contributed by atoms with van der Waals surface area (Å²) in [6.07, 6.45) is -0.0149. The molecular weight excluding hydrogens is 262 g/mol. The lowest BCUT2D eigenvalue weighted by molar-refractivity contribution is -0.141. The molecule has 6 heteroatoms. The van der Waals surface area contributed by atoms with E-state index in [-0.39, 0.29) is 25.5 Å². The topological polar surface area (TPSA) is 83.9 Å². The molecule has 1 aromatic rings. The summed E-state index contributed by atoms with van der Waals surface area (Å²) in [4.78, 5) is 35.8. The minimum atomic E-state index is -0.984. The molecule has 0 spiro atoms. The van der Waals surface area contributed by atoms with Crippen LogP contribution in [-0.4, -0.2) is 36.1 Å². The standard InChI is InChI=1S/C14H15NO5/c1-2-20-14(19)9-4-3-5-11(6-9)15-8-10(13(17)18)7-12(15)16/h3-6,10H,2,7-8H2,1H3,(H,17,18)/t10-/m1/s1. The van der Waals surface area contributed by atoms with Crippen molar-refractivity contribution in [3.63, 3.8) is 0 Å². The van der Waals surface area contributed by atoms with Crippen LogP contribution < -0.4 is 4.90 Å². The number of carboxylic acid groups (broad SMARTS) is 1. The molecule has 1 amide bonds. The molecule has 0 unspecified atom stereocenters. The largest absolute Gasteiger partial charge is 0.481 e. The van der Waals surface area contributed by atoms with Gasteiger partial charge in [0.25, 0.3) is 0 Å². The van der Waals surface area contributed by atoms with E-state index < -0.39 is 17.9 Å². The van der Waals surface area contributed by atoms with Crippen molar-refractivity contribution in [2.45, 2.75) is 13.3 Å². The highest BCUT2D eigenvalue weighted by Gasteiger charge is 2.35. The number of carbonyl (C=O) groups excluding carboxylic acids is 2. The van der Waals surface area contributed by atoms with Crippen LogP contribution in [0.2, 0.25) is 0 Å². The molecule has 0 radical (unpaired) electrons. The number of hydrogen-bond acceptors (Lipinski definition) is 4. The van der Waals surface area contributed by atoms with Crippen LogP contribution in [0.3, 0.4) is 0 Å². The van der Waals surface area contributed by atoms with Gasteiger partial charge in [0.2, 0.25) is 5.91 Å². The number of aliphatic carboxylic acids is 1. The van der Waals surface area contributed by atoms with E-state index >= 15 is 0 Å². The van der Waals surface area contributed by atoms with Gasteiger partial charge in [0.05, 0.1) is 18.1 Å². The van der Waals surface area contributed by atoms with Crippen molar-refractivity contribution >= 4 is 23.5 Å². The molecule has 1 N–H and O–H groups in total. The second-order valence-electron chi connectivity index (χ2n) is 4.51. The van der Waals surface area contributed by atoms with E-state index in [1.807, 2.05) is 0 Å². The monoisotopic (exact) mass is 277 g/mol. The average molecular weight is 277 g/mol. The molecule has 2 rings (SSSR count). The summed E-state index contributed by atoms with van der Waals surface area (Å²) in [5.41, 5.74) is 0.861. The molecule has 0 bridgehead atoms. The van der Waals surface area contributed by atoms with Gasteiger partial charge in [0, 0.05) is 18.7 Å². The summed E-state index contributed by atoms with van der Waals surface area (Å²) in [6.45, 7) is 2.11. The highest BCUT2D eigenvalue weighted by atomic mass is 16.5. The lowest BCUT2D eigenvalue weighted by atomic mass is 10.1. The Morgan fingerprint density at radius 3 is 2.80 bits per heavy atom. The molecule has 1 aliphatic rings. The zero-order valence-corrected chi connectivity index (χ0v) is 11.0. The predicted octanol–water partition coefficient (Wildman–Crippen LogP) is 1.30. The fourth-order valence-corrected chi connectivity index (χ4v) is 2.14. The van der Waals surface area contributed by atoms with Crippen molar-refractivity contribution in [2.75, 3.05) is 18.1 Å². The number of amides is 1. The molecule has 1 heterocycles. The third kappa shape index (κ3) is 2.79. The molecule has 1 saturated heterocycles. The highest BCUT2D eigenvalue weighted by molar-refractivity contribution is 6.00. The first kappa shape index (κ1) is 14.0. The Kier molecular flexibility index (Phi) is 4.02. The maximum Gasteiger partial charge on any atom is 0.338 e.